The molecule has 6 nitrogen and oxygen atoms in total. The highest BCUT2D eigenvalue weighted by Gasteiger charge is 2.16. The van der Waals surface area contributed by atoms with Crippen molar-refractivity contribution in [3.8, 4) is 11.5 Å². The highest BCUT2D eigenvalue weighted by molar-refractivity contribution is 5.97. The van der Waals surface area contributed by atoms with Crippen molar-refractivity contribution in [2.75, 3.05) is 14.2 Å². The molecule has 0 unspecified atom stereocenters. The Labute approximate surface area is 116 Å². The molecule has 106 valence electrons. The van der Waals surface area contributed by atoms with E-state index in [-0.39, 0.29) is 5.91 Å². The Morgan fingerprint density at radius 3 is 2.75 bits per heavy atom. The molecule has 1 aromatic carbocycles. The quantitative estimate of drug-likeness (QED) is 0.903. The molecule has 0 aliphatic carbocycles. The number of aryl methyl sites for hydroxylation is 1. The molecule has 2 rings (SSSR count). The Hall–Kier alpha value is -2.50. The fraction of sp³-hybridized carbons (Fsp3) is 0.286. The molecule has 0 bridgehead atoms. The molecule has 0 saturated heterocycles. The van der Waals surface area contributed by atoms with E-state index in [9.17, 15) is 4.79 Å². The Balaban J connectivity index is 2.15. The molecular weight excluding hydrogens is 260 g/mol. The molecule has 0 atom stereocenters. The second-order valence-electron chi connectivity index (χ2n) is 4.13. The topological polar surface area (TPSA) is 73.6 Å². The Bertz CT molecular complexity index is 607. The molecule has 6 heteroatoms. The third-order valence-corrected chi connectivity index (χ3v) is 2.94. The van der Waals surface area contributed by atoms with Crippen LogP contribution >= 0.6 is 0 Å². The van der Waals surface area contributed by atoms with Gasteiger partial charge in [-0.1, -0.05) is 11.2 Å². The first-order valence-corrected chi connectivity index (χ1v) is 6.06. The number of nitrogens with one attached hydrogen (secondary N) is 1. The van der Waals surface area contributed by atoms with Crippen LogP contribution in [0.2, 0.25) is 0 Å². The predicted octanol–water partition coefficient (Wildman–Crippen LogP) is 1.93. The van der Waals surface area contributed by atoms with Gasteiger partial charge in [-0.25, -0.2) is 0 Å². The van der Waals surface area contributed by atoms with E-state index in [0.29, 0.717) is 29.4 Å². The van der Waals surface area contributed by atoms with Gasteiger partial charge in [0.1, 0.15) is 5.76 Å². The average Bonchev–Trinajstić information content (AvgIpc) is 2.89. The Kier molecular flexibility index (Phi) is 4.24. The van der Waals surface area contributed by atoms with Crippen LogP contribution in [0, 0.1) is 6.92 Å². The van der Waals surface area contributed by atoms with Gasteiger partial charge in [-0.3, -0.25) is 4.79 Å². The van der Waals surface area contributed by atoms with Crippen LogP contribution in [0.1, 0.15) is 21.7 Å². The van der Waals surface area contributed by atoms with Crippen molar-refractivity contribution in [3.05, 3.63) is 41.3 Å². The lowest BCUT2D eigenvalue weighted by Crippen LogP contribution is -2.23. The summed E-state index contributed by atoms with van der Waals surface area (Å²) in [6.45, 7) is 2.13. The minimum atomic E-state index is -0.249. The number of aromatic nitrogens is 1. The van der Waals surface area contributed by atoms with Gasteiger partial charge in [0.05, 0.1) is 26.0 Å². The second-order valence-corrected chi connectivity index (χ2v) is 4.13. The van der Waals surface area contributed by atoms with Crippen LogP contribution in [0.25, 0.3) is 0 Å². The summed E-state index contributed by atoms with van der Waals surface area (Å²) in [5.41, 5.74) is 1.25. The van der Waals surface area contributed by atoms with Crippen LogP contribution in [-0.4, -0.2) is 25.3 Å². The van der Waals surface area contributed by atoms with E-state index in [1.54, 1.807) is 31.3 Å². The number of benzene rings is 1. The first kappa shape index (κ1) is 13.9. The van der Waals surface area contributed by atoms with Crippen molar-refractivity contribution in [2.45, 2.75) is 13.5 Å². The number of nitrogens with zero attached hydrogens (tertiary/aromatic N) is 1. The molecule has 20 heavy (non-hydrogen) atoms. The van der Waals surface area contributed by atoms with Crippen LogP contribution < -0.4 is 14.8 Å². The summed E-state index contributed by atoms with van der Waals surface area (Å²) in [6, 6.07) is 5.15. The van der Waals surface area contributed by atoms with Crippen molar-refractivity contribution < 1.29 is 18.8 Å². The largest absolute Gasteiger partial charge is 0.493 e. The summed E-state index contributed by atoms with van der Waals surface area (Å²) in [6.07, 6.45) is 1.58. The van der Waals surface area contributed by atoms with Gasteiger partial charge in [0, 0.05) is 12.1 Å². The molecular formula is C14H16N2O4. The van der Waals surface area contributed by atoms with Crippen LogP contribution in [0.4, 0.5) is 0 Å². The zero-order chi connectivity index (χ0) is 14.5. The number of hydrogen-bond acceptors (Lipinski definition) is 5. The summed E-state index contributed by atoms with van der Waals surface area (Å²) < 4.78 is 15.3. The maximum atomic E-state index is 12.2. The lowest BCUT2D eigenvalue weighted by atomic mass is 10.1. The SMILES string of the molecule is COc1cccc(C(=O)NCc2cnoc2C)c1OC. The van der Waals surface area contributed by atoms with E-state index in [2.05, 4.69) is 10.5 Å². The van der Waals surface area contributed by atoms with Gasteiger partial charge in [0.2, 0.25) is 0 Å². The minimum Gasteiger partial charge on any atom is -0.493 e. The van der Waals surface area contributed by atoms with E-state index < -0.39 is 0 Å². The van der Waals surface area contributed by atoms with Gasteiger partial charge in [0.15, 0.2) is 11.5 Å². The van der Waals surface area contributed by atoms with Crippen molar-refractivity contribution in [1.29, 1.82) is 0 Å². The number of carbonyl (C=O) groups excluding carboxylic acids is 1. The molecule has 1 heterocycles. The van der Waals surface area contributed by atoms with Gasteiger partial charge in [0.25, 0.3) is 5.91 Å². The van der Waals surface area contributed by atoms with Crippen LogP contribution in [0.5, 0.6) is 11.5 Å². The number of methoxy groups -OCH3 is 2. The van der Waals surface area contributed by atoms with Gasteiger partial charge >= 0.3 is 0 Å². The Morgan fingerprint density at radius 2 is 2.15 bits per heavy atom. The molecule has 2 aromatic rings. The van der Waals surface area contributed by atoms with E-state index in [1.807, 2.05) is 0 Å². The zero-order valence-electron chi connectivity index (χ0n) is 11.6. The average molecular weight is 276 g/mol. The normalized spacial score (nSPS) is 10.2. The molecule has 1 amide bonds. The van der Waals surface area contributed by atoms with Crippen molar-refractivity contribution in [2.24, 2.45) is 0 Å². The Morgan fingerprint density at radius 1 is 1.35 bits per heavy atom. The lowest BCUT2D eigenvalue weighted by molar-refractivity contribution is 0.0947. The first-order chi connectivity index (χ1) is 9.67. The summed E-state index contributed by atoms with van der Waals surface area (Å²) in [4.78, 5) is 12.2. The van der Waals surface area contributed by atoms with Gasteiger partial charge in [-0.2, -0.15) is 0 Å². The third kappa shape index (κ3) is 2.74. The molecule has 1 N–H and O–H groups in total. The van der Waals surface area contributed by atoms with E-state index in [4.69, 9.17) is 14.0 Å². The third-order valence-electron chi connectivity index (χ3n) is 2.94. The standard InChI is InChI=1S/C14H16N2O4/c1-9-10(8-16-20-9)7-15-14(17)11-5-4-6-12(18-2)13(11)19-3/h4-6,8H,7H2,1-3H3,(H,15,17). The number of hydrogen-bond donors (Lipinski definition) is 1. The highest BCUT2D eigenvalue weighted by atomic mass is 16.5. The second kappa shape index (κ2) is 6.10. The number of para-hydroxylation sites is 1. The lowest BCUT2D eigenvalue weighted by Gasteiger charge is -2.12. The summed E-state index contributed by atoms with van der Waals surface area (Å²) in [5, 5.41) is 6.46. The fourth-order valence-corrected chi connectivity index (χ4v) is 1.83. The molecule has 1 aromatic heterocycles. The maximum Gasteiger partial charge on any atom is 0.255 e. The molecule has 0 fully saturated rings. The van der Waals surface area contributed by atoms with Crippen LogP contribution in [-0.2, 0) is 6.54 Å². The number of rotatable bonds is 5. The van der Waals surface area contributed by atoms with E-state index in [1.165, 1.54) is 14.2 Å². The maximum absolute atomic E-state index is 12.2. The summed E-state index contributed by atoms with van der Waals surface area (Å²) >= 11 is 0. The number of amides is 1. The number of ether oxygens (including phenoxy) is 2. The molecule has 0 saturated carbocycles. The fourth-order valence-electron chi connectivity index (χ4n) is 1.83. The van der Waals surface area contributed by atoms with Crippen LogP contribution in [0.15, 0.2) is 28.9 Å². The van der Waals surface area contributed by atoms with E-state index >= 15 is 0 Å². The predicted molar refractivity (Wildman–Crippen MR) is 72.0 cm³/mol. The first-order valence-electron chi connectivity index (χ1n) is 6.06. The van der Waals surface area contributed by atoms with Gasteiger partial charge in [-0.05, 0) is 19.1 Å². The molecule has 0 spiro atoms. The van der Waals surface area contributed by atoms with Crippen LogP contribution in [0.3, 0.4) is 0 Å². The highest BCUT2D eigenvalue weighted by Crippen LogP contribution is 2.30. The number of carbonyl (C=O) groups is 1. The zero-order valence-corrected chi connectivity index (χ0v) is 11.6. The molecule has 0 aliphatic rings. The summed E-state index contributed by atoms with van der Waals surface area (Å²) in [5.74, 6) is 1.36. The van der Waals surface area contributed by atoms with Gasteiger partial charge in [-0.15, -0.1) is 0 Å². The smallest absolute Gasteiger partial charge is 0.255 e. The molecule has 0 aliphatic heterocycles. The van der Waals surface area contributed by atoms with Crippen molar-refractivity contribution in [3.63, 3.8) is 0 Å². The van der Waals surface area contributed by atoms with Crippen molar-refractivity contribution in [1.82, 2.24) is 10.5 Å². The van der Waals surface area contributed by atoms with Gasteiger partial charge < -0.3 is 19.3 Å². The minimum absolute atomic E-state index is 0.249. The molecule has 0 radical (unpaired) electrons. The monoisotopic (exact) mass is 276 g/mol. The summed E-state index contributed by atoms with van der Waals surface area (Å²) in [7, 11) is 3.03. The van der Waals surface area contributed by atoms with Crippen molar-refractivity contribution >= 4 is 5.91 Å². The van der Waals surface area contributed by atoms with E-state index in [0.717, 1.165) is 5.56 Å².